The Labute approximate surface area is 188 Å². The van der Waals surface area contributed by atoms with Gasteiger partial charge in [-0.25, -0.2) is 9.37 Å². The van der Waals surface area contributed by atoms with E-state index in [9.17, 15) is 9.18 Å². The Morgan fingerprint density at radius 2 is 1.72 bits per heavy atom. The molecule has 0 saturated carbocycles. The molecule has 0 N–H and O–H groups in total. The largest absolute Gasteiger partial charge is 0.497 e. The molecular weight excluding hydrogens is 429 g/mol. The van der Waals surface area contributed by atoms with E-state index in [1.54, 1.807) is 30.3 Å². The first-order chi connectivity index (χ1) is 15.5. The van der Waals surface area contributed by atoms with Gasteiger partial charge in [0.15, 0.2) is 0 Å². The minimum Gasteiger partial charge on any atom is -0.497 e. The quantitative estimate of drug-likeness (QED) is 0.290. The predicted molar refractivity (Wildman–Crippen MR) is 125 cm³/mol. The molecule has 4 rings (SSSR count). The molecule has 3 aromatic carbocycles. The van der Waals surface area contributed by atoms with Gasteiger partial charge in [0.25, 0.3) is 5.91 Å². The maximum atomic E-state index is 13.5. The van der Waals surface area contributed by atoms with Crippen LogP contribution in [0.1, 0.15) is 21.5 Å². The van der Waals surface area contributed by atoms with E-state index in [0.29, 0.717) is 27.8 Å². The Balaban J connectivity index is 1.78. The van der Waals surface area contributed by atoms with Crippen molar-refractivity contribution in [2.75, 3.05) is 19.2 Å². The number of hydrogen-bond donors (Lipinski definition) is 0. The highest BCUT2D eigenvalue weighted by Crippen LogP contribution is 2.32. The molecule has 32 heavy (non-hydrogen) atoms. The zero-order chi connectivity index (χ0) is 22.7. The Morgan fingerprint density at radius 1 is 1.03 bits per heavy atom. The maximum Gasteiger partial charge on any atom is 0.281 e. The van der Waals surface area contributed by atoms with Gasteiger partial charge in [-0.2, -0.15) is 10.1 Å². The summed E-state index contributed by atoms with van der Waals surface area (Å²) in [5, 5.41) is 6.05. The molecule has 0 spiro atoms. The zero-order valence-electron chi connectivity index (χ0n) is 17.7. The number of benzene rings is 3. The summed E-state index contributed by atoms with van der Waals surface area (Å²) in [4.78, 5) is 18.1. The number of hydrazone groups is 1. The number of amides is 1. The third-order valence-electron chi connectivity index (χ3n) is 4.70. The van der Waals surface area contributed by atoms with Crippen LogP contribution in [0.5, 0.6) is 11.5 Å². The summed E-state index contributed by atoms with van der Waals surface area (Å²) >= 11 is 1.36. The van der Waals surface area contributed by atoms with Crippen LogP contribution in [0.4, 0.5) is 9.52 Å². The van der Waals surface area contributed by atoms with Crippen LogP contribution in [-0.4, -0.2) is 31.3 Å². The number of anilines is 1. The van der Waals surface area contributed by atoms with E-state index in [-0.39, 0.29) is 5.82 Å². The minimum absolute atomic E-state index is 0.327. The summed E-state index contributed by atoms with van der Waals surface area (Å²) in [5.74, 6) is 0.210. The predicted octanol–water partition coefficient (Wildman–Crippen LogP) is 5.44. The Kier molecular flexibility index (Phi) is 6.13. The number of hydrogen-bond acceptors (Lipinski definition) is 6. The zero-order valence-corrected chi connectivity index (χ0v) is 18.5. The van der Waals surface area contributed by atoms with Crippen LogP contribution in [0, 0.1) is 12.7 Å². The topological polar surface area (TPSA) is 64.0 Å². The molecule has 0 radical (unpaired) electrons. The molecule has 0 atom stereocenters. The maximum absolute atomic E-state index is 13.5. The lowest BCUT2D eigenvalue weighted by atomic mass is 10.2. The summed E-state index contributed by atoms with van der Waals surface area (Å²) in [6.07, 6.45) is 1.49. The number of thiazole rings is 1. The summed E-state index contributed by atoms with van der Waals surface area (Å²) in [6, 6.07) is 16.6. The molecule has 8 heteroatoms. The summed E-state index contributed by atoms with van der Waals surface area (Å²) in [5.41, 5.74) is 2.84. The number of aromatic nitrogens is 1. The van der Waals surface area contributed by atoms with Crippen molar-refractivity contribution in [1.29, 1.82) is 0 Å². The van der Waals surface area contributed by atoms with E-state index in [1.807, 2.05) is 25.1 Å². The Morgan fingerprint density at radius 3 is 2.38 bits per heavy atom. The minimum atomic E-state index is -0.406. The number of fused-ring (bicyclic) bond motifs is 1. The molecule has 0 unspecified atom stereocenters. The normalized spacial score (nSPS) is 11.1. The molecule has 1 heterocycles. The smallest absolute Gasteiger partial charge is 0.281 e. The van der Waals surface area contributed by atoms with Gasteiger partial charge in [0.1, 0.15) is 17.3 Å². The lowest BCUT2D eigenvalue weighted by Crippen LogP contribution is -2.25. The lowest BCUT2D eigenvalue weighted by molar-refractivity contribution is 0.0987. The van der Waals surface area contributed by atoms with Crippen molar-refractivity contribution in [1.82, 2.24) is 4.98 Å². The fourth-order valence-electron chi connectivity index (χ4n) is 3.03. The molecule has 0 fully saturated rings. The number of aryl methyl sites for hydroxylation is 1. The van der Waals surface area contributed by atoms with Crippen LogP contribution in [-0.2, 0) is 0 Å². The van der Waals surface area contributed by atoms with Crippen LogP contribution in [0.25, 0.3) is 10.2 Å². The molecular formula is C24H20FN3O3S. The highest BCUT2D eigenvalue weighted by molar-refractivity contribution is 7.22. The number of halogens is 1. The summed E-state index contributed by atoms with van der Waals surface area (Å²) < 4.78 is 24.8. The summed E-state index contributed by atoms with van der Waals surface area (Å²) in [7, 11) is 3.03. The van der Waals surface area contributed by atoms with Gasteiger partial charge in [-0.15, -0.1) is 0 Å². The fourth-order valence-corrected chi connectivity index (χ4v) is 4.05. The summed E-state index contributed by atoms with van der Waals surface area (Å²) in [6.45, 7) is 2.00. The van der Waals surface area contributed by atoms with E-state index in [0.717, 1.165) is 15.8 Å². The van der Waals surface area contributed by atoms with Crippen LogP contribution in [0.3, 0.4) is 0 Å². The first kappa shape index (κ1) is 21.5. The molecule has 0 aliphatic rings. The lowest BCUT2D eigenvalue weighted by Gasteiger charge is -2.15. The van der Waals surface area contributed by atoms with Gasteiger partial charge >= 0.3 is 0 Å². The number of methoxy groups -OCH3 is 2. The molecule has 0 aliphatic carbocycles. The highest BCUT2D eigenvalue weighted by Gasteiger charge is 2.22. The van der Waals surface area contributed by atoms with Crippen LogP contribution < -0.4 is 14.5 Å². The number of rotatable bonds is 6. The van der Waals surface area contributed by atoms with Gasteiger partial charge < -0.3 is 9.47 Å². The third kappa shape index (κ3) is 4.60. The number of carbonyl (C=O) groups is 1. The molecule has 0 aliphatic heterocycles. The first-order valence-corrected chi connectivity index (χ1v) is 10.5. The van der Waals surface area contributed by atoms with Crippen LogP contribution >= 0.6 is 11.3 Å². The van der Waals surface area contributed by atoms with Crippen molar-refractivity contribution in [2.45, 2.75) is 6.92 Å². The molecule has 0 saturated heterocycles. The molecule has 4 aromatic rings. The Bertz CT molecular complexity index is 1280. The van der Waals surface area contributed by atoms with E-state index in [1.165, 1.54) is 48.9 Å². The van der Waals surface area contributed by atoms with Crippen molar-refractivity contribution < 1.29 is 18.7 Å². The Hall–Kier alpha value is -3.78. The van der Waals surface area contributed by atoms with Crippen molar-refractivity contribution in [2.24, 2.45) is 5.10 Å². The average Bonchev–Trinajstić information content (AvgIpc) is 3.22. The van der Waals surface area contributed by atoms with Gasteiger partial charge in [0.05, 0.1) is 30.7 Å². The SMILES string of the molecule is COc1cc(OC)cc(C(=O)N(/N=C/c2ccc(F)cc2)c2nc3ccc(C)cc3s2)c1. The van der Waals surface area contributed by atoms with E-state index >= 15 is 0 Å². The van der Waals surface area contributed by atoms with Gasteiger partial charge in [0, 0.05) is 11.6 Å². The van der Waals surface area contributed by atoms with Crippen LogP contribution in [0.2, 0.25) is 0 Å². The second-order valence-electron chi connectivity index (χ2n) is 6.98. The fraction of sp³-hybridized carbons (Fsp3) is 0.125. The van der Waals surface area contributed by atoms with E-state index < -0.39 is 5.91 Å². The number of carbonyl (C=O) groups excluding carboxylic acids is 1. The van der Waals surface area contributed by atoms with E-state index in [4.69, 9.17) is 9.47 Å². The molecule has 162 valence electrons. The molecule has 6 nitrogen and oxygen atoms in total. The van der Waals surface area contributed by atoms with Gasteiger partial charge in [0.2, 0.25) is 5.13 Å². The number of nitrogens with zero attached hydrogens (tertiary/aromatic N) is 3. The third-order valence-corrected chi connectivity index (χ3v) is 5.69. The van der Waals surface area contributed by atoms with Crippen LogP contribution in [0.15, 0.2) is 65.8 Å². The standard InChI is InChI=1S/C24H20FN3O3S/c1-15-4-9-21-22(10-15)32-24(27-21)28(26-14-16-5-7-18(25)8-6-16)23(29)17-11-19(30-2)13-20(12-17)31-3/h4-14H,1-3H3/b26-14+. The molecule has 1 amide bonds. The highest BCUT2D eigenvalue weighted by atomic mass is 32.1. The van der Waals surface area contributed by atoms with Crippen molar-refractivity contribution in [3.63, 3.8) is 0 Å². The van der Waals surface area contributed by atoms with Crippen molar-refractivity contribution in [3.8, 4) is 11.5 Å². The van der Waals surface area contributed by atoms with Crippen molar-refractivity contribution in [3.05, 3.63) is 83.2 Å². The van der Waals surface area contributed by atoms with Gasteiger partial charge in [-0.05, 0) is 54.4 Å². The number of ether oxygens (including phenoxy) is 2. The monoisotopic (exact) mass is 449 g/mol. The van der Waals surface area contributed by atoms with Gasteiger partial charge in [-0.3, -0.25) is 4.79 Å². The van der Waals surface area contributed by atoms with Gasteiger partial charge in [-0.1, -0.05) is 29.5 Å². The van der Waals surface area contributed by atoms with E-state index in [2.05, 4.69) is 10.1 Å². The molecule has 0 bridgehead atoms. The van der Waals surface area contributed by atoms with Crippen molar-refractivity contribution >= 4 is 38.8 Å². The second kappa shape index (κ2) is 9.15. The second-order valence-corrected chi connectivity index (χ2v) is 7.99. The molecule has 1 aromatic heterocycles. The average molecular weight is 450 g/mol. The first-order valence-electron chi connectivity index (χ1n) is 9.71.